The zero-order valence-corrected chi connectivity index (χ0v) is 80.9. The third-order valence-electron chi connectivity index (χ3n) is 20.5. The van der Waals surface area contributed by atoms with Crippen LogP contribution < -0.4 is 43.8 Å². The van der Waals surface area contributed by atoms with E-state index in [2.05, 4.69) is 50.8 Å². The number of likely N-dealkylation sites (tertiary alicyclic amines) is 2. The van der Waals surface area contributed by atoms with E-state index in [0.717, 1.165) is 11.1 Å². The molecule has 13 rings (SSSR count). The van der Waals surface area contributed by atoms with Gasteiger partial charge in [-0.25, -0.2) is 72.0 Å². The topological polar surface area (TPSA) is 430 Å². The maximum atomic E-state index is 15.9. The van der Waals surface area contributed by atoms with Gasteiger partial charge in [0, 0.05) is 59.5 Å². The molecule has 4 N–H and O–H groups in total. The molecule has 1 aromatic heterocycles. The lowest BCUT2D eigenvalue weighted by molar-refractivity contribution is 0.0278. The minimum absolute atomic E-state index is 0.0395. The molecule has 42 heteroatoms. The van der Waals surface area contributed by atoms with Crippen LogP contribution in [0.3, 0.4) is 0 Å². The average molecular weight is 2100 g/mol. The molecule has 10 aromatic rings. The zero-order chi connectivity index (χ0) is 94.2. The summed E-state index contributed by atoms with van der Waals surface area (Å²) in [6.45, 7) is 8.37. The van der Waals surface area contributed by atoms with Gasteiger partial charge in [0.1, 0.15) is 72.7 Å². The van der Waals surface area contributed by atoms with Gasteiger partial charge in [-0.15, -0.1) is 10.2 Å². The lowest BCUT2D eigenvalue weighted by Crippen LogP contribution is -2.51. The number of hydrogen-bond donors (Lipinski definition) is 4. The highest BCUT2D eigenvalue weighted by Gasteiger charge is 2.47. The van der Waals surface area contributed by atoms with Crippen molar-refractivity contribution in [3.05, 3.63) is 258 Å². The summed E-state index contributed by atoms with van der Waals surface area (Å²) >= 11 is 3.86. The van der Waals surface area contributed by atoms with E-state index >= 15 is 25.3 Å². The number of amidine groups is 1. The van der Waals surface area contributed by atoms with Gasteiger partial charge in [0.25, 0.3) is 0 Å². The summed E-state index contributed by atoms with van der Waals surface area (Å²) in [5.41, 5.74) is 2.56. The first-order valence-corrected chi connectivity index (χ1v) is 48.8. The SMILES string of the molecule is COc1ccc(CN(Cc2ccc(OC)cc2)S(=O)(=O)c2c(S(=O)(=O)N[C@@H]3CN(C(=O)OC(C)(C)C)C[C@@H]3NC(=O)OCc3ccccc3)ccc(I)c2-c2nnnn2Cc2ccc(OC)cc2)cc1.COc1ccc(CN(Cc2ccc(OC)cc2)S(=O)(=O)c2c(S(=O)(=O)N[C@@H]3CN(C(=O)OC(C)(C)C)C[C@@H]3NC(=O)OCc3ccccc3)ccc(I)c2C2=NCN=N2)cc1. The number of nitrogens with one attached hydrogen (secondary N) is 4. The van der Waals surface area contributed by atoms with E-state index < -0.39 is 119 Å². The van der Waals surface area contributed by atoms with Gasteiger partial charge in [-0.05, 0) is 221 Å². The van der Waals surface area contributed by atoms with Crippen LogP contribution in [0.15, 0.2) is 241 Å². The van der Waals surface area contributed by atoms with Crippen molar-refractivity contribution in [1.29, 1.82) is 0 Å². The first kappa shape index (κ1) is 98.5. The summed E-state index contributed by atoms with van der Waals surface area (Å²) in [6.07, 6.45) is -3.23. The number of benzene rings is 9. The molecule has 4 heterocycles. The Morgan fingerprint density at radius 1 is 0.427 bits per heavy atom. The van der Waals surface area contributed by atoms with Crippen LogP contribution >= 0.6 is 45.2 Å². The molecule has 0 spiro atoms. The first-order chi connectivity index (χ1) is 62.3. The third kappa shape index (κ3) is 25.8. The minimum Gasteiger partial charge on any atom is -0.497 e. The molecule has 0 radical (unpaired) electrons. The molecule has 3 aliphatic heterocycles. The number of nitrogens with zero attached hydrogens (tertiary/aromatic N) is 11. The van der Waals surface area contributed by atoms with E-state index in [0.29, 0.717) is 63.7 Å². The monoisotopic (exact) mass is 2100 g/mol. The molecule has 9 aromatic carbocycles. The van der Waals surface area contributed by atoms with Crippen LogP contribution in [0, 0.1) is 7.14 Å². The van der Waals surface area contributed by atoms with Gasteiger partial charge in [-0.2, -0.15) is 13.7 Å². The Balaban J connectivity index is 0.000000239. The predicted molar refractivity (Wildman–Crippen MR) is 499 cm³/mol. The Hall–Kier alpha value is -11.5. The average Bonchev–Trinajstić information content (AvgIpc) is 1.65. The summed E-state index contributed by atoms with van der Waals surface area (Å²) in [5.74, 6) is 2.73. The number of carbonyl (C=O) groups is 4. The van der Waals surface area contributed by atoms with Gasteiger partial charge >= 0.3 is 24.4 Å². The third-order valence-corrected chi connectivity index (χ3v) is 29.4. The Morgan fingerprint density at radius 3 is 1.10 bits per heavy atom. The number of alkyl carbamates (subject to hydrolysis) is 2. The largest absolute Gasteiger partial charge is 0.497 e. The van der Waals surface area contributed by atoms with Gasteiger partial charge < -0.3 is 63.1 Å². The maximum Gasteiger partial charge on any atom is 0.410 e. The Labute approximate surface area is 787 Å². The van der Waals surface area contributed by atoms with Crippen LogP contribution in [0.1, 0.15) is 86.1 Å². The number of ether oxygens (including phenoxy) is 9. The number of rotatable bonds is 33. The van der Waals surface area contributed by atoms with E-state index in [1.807, 2.05) is 57.3 Å². The lowest BCUT2D eigenvalue weighted by Gasteiger charge is -2.27. The van der Waals surface area contributed by atoms with E-state index in [9.17, 15) is 27.6 Å². The highest BCUT2D eigenvalue weighted by molar-refractivity contribution is 14.1. The van der Waals surface area contributed by atoms with Crippen molar-refractivity contribution in [2.75, 3.05) is 68.4 Å². The number of azo groups is 1. The van der Waals surface area contributed by atoms with Gasteiger partial charge in [0.05, 0.1) is 77.4 Å². The Kier molecular flexibility index (Phi) is 32.5. The number of aromatic nitrogens is 4. The second-order valence-corrected chi connectivity index (χ2v) is 41.6. The zero-order valence-electron chi connectivity index (χ0n) is 73.3. The van der Waals surface area contributed by atoms with Gasteiger partial charge in [-0.1, -0.05) is 121 Å². The van der Waals surface area contributed by atoms with E-state index in [-0.39, 0.29) is 102 Å². The van der Waals surface area contributed by atoms with Crippen molar-refractivity contribution in [2.24, 2.45) is 15.2 Å². The van der Waals surface area contributed by atoms with E-state index in [4.69, 9.17) is 42.6 Å². The second-order valence-electron chi connectivity index (χ2n) is 32.2. The number of amides is 4. The molecule has 2 saturated heterocycles. The molecule has 4 atom stereocenters. The fourth-order valence-corrected chi connectivity index (χ4v) is 23.2. The molecule has 3 aliphatic rings. The summed E-state index contributed by atoms with van der Waals surface area (Å²) in [6, 6.07) is 53.2. The molecular weight excluding hydrogens is 2000 g/mol. The molecule has 0 bridgehead atoms. The quantitative estimate of drug-likeness (QED) is 0.0219. The number of carbonyl (C=O) groups excluding carboxylic acids is 4. The molecule has 4 amide bonds. The predicted octanol–water partition coefficient (Wildman–Crippen LogP) is 12.7. The Morgan fingerprint density at radius 2 is 0.763 bits per heavy atom. The highest BCUT2D eigenvalue weighted by Crippen LogP contribution is 2.41. The van der Waals surface area contributed by atoms with Gasteiger partial charge in [0.2, 0.25) is 40.1 Å². The number of tetrazole rings is 1. The first-order valence-electron chi connectivity index (χ1n) is 40.8. The number of aliphatic imine (C=N–C) groups is 1. The van der Waals surface area contributed by atoms with Crippen LogP contribution in [0.2, 0.25) is 0 Å². The molecule has 694 valence electrons. The van der Waals surface area contributed by atoms with Crippen LogP contribution in [0.5, 0.6) is 28.7 Å². The van der Waals surface area contributed by atoms with Crippen molar-refractivity contribution < 1.29 is 95.5 Å². The summed E-state index contributed by atoms with van der Waals surface area (Å²) < 4.78 is 181. The fourth-order valence-electron chi connectivity index (χ4n) is 14.1. The summed E-state index contributed by atoms with van der Waals surface area (Å²) in [5, 5.41) is 25.9. The van der Waals surface area contributed by atoms with Crippen LogP contribution in [-0.4, -0.2) is 206 Å². The molecule has 0 unspecified atom stereocenters. The van der Waals surface area contributed by atoms with Crippen molar-refractivity contribution >= 4 is 115 Å². The number of halogens is 2. The number of methoxy groups -OCH3 is 5. The van der Waals surface area contributed by atoms with Crippen molar-refractivity contribution in [3.8, 4) is 40.1 Å². The molecular formula is C89H99I2N15O21S4. The molecule has 131 heavy (non-hydrogen) atoms. The second kappa shape index (κ2) is 43.2. The minimum atomic E-state index is -4.93. The normalized spacial score (nSPS) is 15.8. The number of hydrogen-bond acceptors (Lipinski definition) is 27. The lowest BCUT2D eigenvalue weighted by atomic mass is 10.2. The Bertz CT molecular complexity index is 6150. The van der Waals surface area contributed by atoms with E-state index in [1.54, 1.807) is 219 Å². The fraction of sp³-hybridized carbons (Fsp3) is 0.326. The standard InChI is InChI=1S/C48H53IN8O11S2.C41H46IN7O10S2/c1-48(2,3)68-47(59)55-29-40(50-46(58)67-31-35-10-8-7-9-11-35)41(30-55)52-69(60,61)42-25-24-39(49)43(45-51-53-54-57(45)28-34-16-22-38(66-6)23-17-34)44(42)70(62,63)56(26-32-12-18-36(64-4)19-13-32)27-33-14-20-37(65-5)21-15-33;1-41(2,3)59-40(51)48-23-33(45-39(50)58-25-29-9-7-6-8-10-29)34(24-48)47-60(52,53)35-20-19-32(42)36(38-43-26-44-46-38)37(35)61(54,55)49(21-27-11-15-30(56-4)16-12-27)22-28-13-17-31(57-5)18-14-28/h7-25,40-41,52H,26-31H2,1-6H3,(H,50,58);6-20,33-34,47H,21-26H2,1-5H3,(H,45,50)/t40-,41+;33-,34+/m00/s1. The van der Waals surface area contributed by atoms with Gasteiger partial charge in [-0.3, -0.25) is 0 Å². The van der Waals surface area contributed by atoms with Crippen molar-refractivity contribution in [1.82, 2.24) is 58.7 Å². The molecule has 0 aliphatic carbocycles. The number of sulfonamides is 4. The van der Waals surface area contributed by atoms with Crippen molar-refractivity contribution in [3.63, 3.8) is 0 Å². The summed E-state index contributed by atoms with van der Waals surface area (Å²) in [7, 11) is -11.8. The van der Waals surface area contributed by atoms with Crippen LogP contribution in [-0.2, 0) is 105 Å². The molecule has 36 nitrogen and oxygen atoms in total. The maximum absolute atomic E-state index is 15.9. The summed E-state index contributed by atoms with van der Waals surface area (Å²) in [4.78, 5) is 57.6. The molecule has 0 saturated carbocycles. The molecule has 2 fully saturated rings. The highest BCUT2D eigenvalue weighted by atomic mass is 127. The smallest absolute Gasteiger partial charge is 0.410 e. The van der Waals surface area contributed by atoms with Gasteiger partial charge in [0.15, 0.2) is 18.3 Å². The van der Waals surface area contributed by atoms with Crippen LogP contribution in [0.25, 0.3) is 11.4 Å². The van der Waals surface area contributed by atoms with Crippen LogP contribution in [0.4, 0.5) is 19.2 Å². The van der Waals surface area contributed by atoms with E-state index in [1.165, 1.54) is 75.8 Å². The van der Waals surface area contributed by atoms with Crippen molar-refractivity contribution in [2.45, 2.75) is 142 Å².